The van der Waals surface area contributed by atoms with E-state index in [2.05, 4.69) is 0 Å². The van der Waals surface area contributed by atoms with E-state index in [-0.39, 0.29) is 6.04 Å². The normalized spacial score (nSPS) is 22.6. The molecule has 0 saturated carbocycles. The van der Waals surface area contributed by atoms with Crippen LogP contribution in [0.2, 0.25) is 0 Å². The van der Waals surface area contributed by atoms with Gasteiger partial charge in [-0.2, -0.15) is 0 Å². The van der Waals surface area contributed by atoms with Crippen LogP contribution in [-0.2, 0) is 18.9 Å². The van der Waals surface area contributed by atoms with Gasteiger partial charge in [-0.05, 0) is 51.5 Å². The number of benzene rings is 2. The van der Waals surface area contributed by atoms with Crippen molar-refractivity contribution in [2.45, 2.75) is 63.4 Å². The van der Waals surface area contributed by atoms with Crippen molar-refractivity contribution < 1.29 is 33.3 Å². The molecule has 0 spiro atoms. The molecular weight excluding hydrogens is 508 g/mol. The molecule has 2 aromatic carbocycles. The summed E-state index contributed by atoms with van der Waals surface area (Å²) in [5, 5.41) is 0.479. The molecule has 10 heteroatoms. The van der Waals surface area contributed by atoms with Crippen LogP contribution in [0, 0.1) is 0 Å². The number of aliphatic imine (C=N–C) groups is 1. The predicted octanol–water partition coefficient (Wildman–Crippen LogP) is 5.21. The van der Waals surface area contributed by atoms with Crippen LogP contribution in [-0.4, -0.2) is 64.9 Å². The van der Waals surface area contributed by atoms with Crippen molar-refractivity contribution >= 4 is 35.0 Å². The average molecular weight is 541 g/mol. The quantitative estimate of drug-likeness (QED) is 0.376. The second-order valence-electron chi connectivity index (χ2n) is 9.87. The molecule has 38 heavy (non-hydrogen) atoms. The minimum absolute atomic E-state index is 0.326. The lowest BCUT2D eigenvalue weighted by atomic mass is 9.92. The predicted molar refractivity (Wildman–Crippen MR) is 143 cm³/mol. The largest absolute Gasteiger partial charge is 0.465 e. The van der Waals surface area contributed by atoms with Crippen molar-refractivity contribution in [3.05, 3.63) is 71.3 Å². The topological polar surface area (TPSA) is 104 Å². The van der Waals surface area contributed by atoms with Gasteiger partial charge in [-0.3, -0.25) is 9.89 Å². The Labute approximate surface area is 226 Å². The van der Waals surface area contributed by atoms with Crippen LogP contribution in [0.3, 0.4) is 0 Å². The highest BCUT2D eigenvalue weighted by molar-refractivity contribution is 8.14. The van der Waals surface area contributed by atoms with Gasteiger partial charge in [0.25, 0.3) is 0 Å². The van der Waals surface area contributed by atoms with Crippen LogP contribution in [0.25, 0.3) is 0 Å². The van der Waals surface area contributed by atoms with Crippen LogP contribution >= 0.6 is 11.8 Å². The summed E-state index contributed by atoms with van der Waals surface area (Å²) < 4.78 is 23.0. The molecule has 202 valence electrons. The van der Waals surface area contributed by atoms with Crippen molar-refractivity contribution in [3.8, 4) is 0 Å². The van der Waals surface area contributed by atoms with Crippen molar-refractivity contribution in [3.63, 3.8) is 0 Å². The van der Waals surface area contributed by atoms with E-state index >= 15 is 0 Å². The second-order valence-corrected chi connectivity index (χ2v) is 10.9. The summed E-state index contributed by atoms with van der Waals surface area (Å²) in [6.07, 6.45) is -1.65. The Kier molecular flexibility index (Phi) is 8.42. The molecule has 4 rings (SSSR count). The fourth-order valence-electron chi connectivity index (χ4n) is 4.29. The number of hydrogen-bond acceptors (Lipinski definition) is 9. The van der Waals surface area contributed by atoms with Crippen LogP contribution in [0.4, 0.5) is 4.79 Å². The molecule has 1 fully saturated rings. The van der Waals surface area contributed by atoms with Gasteiger partial charge in [0, 0.05) is 13.0 Å². The molecule has 2 aromatic rings. The fraction of sp³-hybridized carbons (Fsp3) is 0.429. The molecule has 1 saturated heterocycles. The summed E-state index contributed by atoms with van der Waals surface area (Å²) in [5.74, 6) is -1.02. The molecule has 9 nitrogen and oxygen atoms in total. The number of ether oxygens (including phenoxy) is 4. The van der Waals surface area contributed by atoms with Gasteiger partial charge < -0.3 is 18.9 Å². The number of amides is 1. The highest BCUT2D eigenvalue weighted by Crippen LogP contribution is 2.44. The molecule has 0 aliphatic carbocycles. The van der Waals surface area contributed by atoms with Crippen LogP contribution in [0.5, 0.6) is 0 Å². The maximum Gasteiger partial charge on any atom is 0.416 e. The van der Waals surface area contributed by atoms with Gasteiger partial charge in [-0.25, -0.2) is 14.4 Å². The SMILES string of the molecule is CCN(C(=O)OC(C)(C)C)C1=N[C@@H]2C[C@H](OC(=O)c3ccccc3)[C@@H](c3ccccc3C(=O)OC)O[C@@H]2S1. The van der Waals surface area contributed by atoms with E-state index in [1.807, 2.05) is 13.0 Å². The van der Waals surface area contributed by atoms with Crippen LogP contribution < -0.4 is 0 Å². The van der Waals surface area contributed by atoms with Gasteiger partial charge in [-0.15, -0.1) is 0 Å². The Hall–Kier alpha value is -3.37. The Bertz CT molecular complexity index is 1210. The highest BCUT2D eigenvalue weighted by atomic mass is 32.2. The first-order chi connectivity index (χ1) is 18.1. The number of thioether (sulfide) groups is 1. The standard InChI is InChI=1S/C28H32N2O7S/c1-6-30(27(33)37-28(2,3)4)26-29-20-16-21(35-23(31)17-12-8-7-9-13-17)22(36-25(20)38-26)18-14-10-11-15-19(18)24(32)34-5/h7-15,20-22,25H,6,16H2,1-5H3/t20-,21+,22-,25-/m1/s1. The summed E-state index contributed by atoms with van der Waals surface area (Å²) in [5.41, 5.74) is 0.173. The lowest BCUT2D eigenvalue weighted by molar-refractivity contribution is -0.103. The Morgan fingerprint density at radius 1 is 1.05 bits per heavy atom. The molecule has 0 N–H and O–H groups in total. The van der Waals surface area contributed by atoms with E-state index < -0.39 is 41.3 Å². The van der Waals surface area contributed by atoms with E-state index in [4.69, 9.17) is 23.9 Å². The van der Waals surface area contributed by atoms with E-state index in [0.717, 1.165) is 0 Å². The lowest BCUT2D eigenvalue weighted by Gasteiger charge is -2.37. The van der Waals surface area contributed by atoms with Crippen molar-refractivity contribution in [2.24, 2.45) is 4.99 Å². The Morgan fingerprint density at radius 3 is 2.39 bits per heavy atom. The number of fused-ring (bicyclic) bond motifs is 1. The molecule has 2 heterocycles. The van der Waals surface area contributed by atoms with Crippen LogP contribution in [0.1, 0.15) is 66.5 Å². The fourth-order valence-corrected chi connectivity index (χ4v) is 5.53. The van der Waals surface area contributed by atoms with Crippen molar-refractivity contribution in [1.29, 1.82) is 0 Å². The summed E-state index contributed by atoms with van der Waals surface area (Å²) in [6.45, 7) is 7.62. The minimum atomic E-state index is -0.752. The maximum absolute atomic E-state index is 13.0. The first-order valence-corrected chi connectivity index (χ1v) is 13.3. The molecule has 0 unspecified atom stereocenters. The number of hydrogen-bond donors (Lipinski definition) is 0. The first-order valence-electron chi connectivity index (χ1n) is 12.4. The van der Waals surface area contributed by atoms with Gasteiger partial charge in [-0.1, -0.05) is 48.2 Å². The number of carbonyl (C=O) groups excluding carboxylic acids is 3. The van der Waals surface area contributed by atoms with E-state index in [1.165, 1.54) is 23.8 Å². The molecule has 1 amide bonds. The lowest BCUT2D eigenvalue weighted by Crippen LogP contribution is -2.42. The third kappa shape index (κ3) is 6.19. The molecular formula is C28H32N2O7S. The number of rotatable bonds is 5. The van der Waals surface area contributed by atoms with Crippen molar-refractivity contribution in [1.82, 2.24) is 4.90 Å². The van der Waals surface area contributed by atoms with E-state index in [9.17, 15) is 14.4 Å². The number of esters is 2. The summed E-state index contributed by atoms with van der Waals surface area (Å²) >= 11 is 1.31. The molecule has 0 radical (unpaired) electrons. The van der Waals surface area contributed by atoms with Crippen LogP contribution in [0.15, 0.2) is 59.6 Å². The molecule has 0 bridgehead atoms. The summed E-state index contributed by atoms with van der Waals surface area (Å²) in [7, 11) is 1.31. The Balaban J connectivity index is 1.64. The maximum atomic E-state index is 13.0. The van der Waals surface area contributed by atoms with Gasteiger partial charge >= 0.3 is 18.0 Å². The molecule has 0 aromatic heterocycles. The van der Waals surface area contributed by atoms with Gasteiger partial charge in [0.2, 0.25) is 0 Å². The minimum Gasteiger partial charge on any atom is -0.465 e. The monoisotopic (exact) mass is 540 g/mol. The first kappa shape index (κ1) is 27.7. The number of nitrogens with zero attached hydrogens (tertiary/aromatic N) is 2. The zero-order valence-electron chi connectivity index (χ0n) is 22.1. The molecule has 4 atom stereocenters. The van der Waals surface area contributed by atoms with Gasteiger partial charge in [0.1, 0.15) is 23.2 Å². The van der Waals surface area contributed by atoms with E-state index in [0.29, 0.717) is 34.8 Å². The van der Waals surface area contributed by atoms with Crippen molar-refractivity contribution in [2.75, 3.05) is 13.7 Å². The van der Waals surface area contributed by atoms with E-state index in [1.54, 1.807) is 69.3 Å². The Morgan fingerprint density at radius 2 is 1.74 bits per heavy atom. The summed E-state index contributed by atoms with van der Waals surface area (Å²) in [4.78, 5) is 44.6. The zero-order valence-corrected chi connectivity index (χ0v) is 22.9. The molecule has 2 aliphatic heterocycles. The average Bonchev–Trinajstić information content (AvgIpc) is 3.30. The summed E-state index contributed by atoms with van der Waals surface area (Å²) in [6, 6.07) is 15.2. The van der Waals surface area contributed by atoms with Gasteiger partial charge in [0.15, 0.2) is 5.17 Å². The number of carbonyl (C=O) groups is 3. The zero-order chi connectivity index (χ0) is 27.4. The third-order valence-electron chi connectivity index (χ3n) is 6.01. The highest BCUT2D eigenvalue weighted by Gasteiger charge is 2.47. The van der Waals surface area contributed by atoms with Gasteiger partial charge in [0.05, 0.1) is 24.3 Å². The number of amidine groups is 1. The smallest absolute Gasteiger partial charge is 0.416 e. The number of methoxy groups -OCH3 is 1. The molecule has 2 aliphatic rings. The third-order valence-corrected chi connectivity index (χ3v) is 7.20. The second kappa shape index (κ2) is 11.6.